The zero-order valence-corrected chi connectivity index (χ0v) is 15.0. The Hall–Kier alpha value is -2.34. The van der Waals surface area contributed by atoms with E-state index in [-0.39, 0.29) is 5.78 Å². The highest BCUT2D eigenvalue weighted by Gasteiger charge is 2.15. The highest BCUT2D eigenvalue weighted by atomic mass is 79.9. The SMILES string of the molecule is COc1cc(C(=O)C=Cc2cc(Br)ccc2F)cc(OC)c1OC. The summed E-state index contributed by atoms with van der Waals surface area (Å²) >= 11 is 3.27. The number of methoxy groups -OCH3 is 3. The van der Waals surface area contributed by atoms with Gasteiger partial charge in [0.25, 0.3) is 0 Å². The maximum atomic E-state index is 13.7. The zero-order chi connectivity index (χ0) is 17.7. The molecule has 0 aliphatic heterocycles. The van der Waals surface area contributed by atoms with E-state index in [2.05, 4.69) is 15.9 Å². The van der Waals surface area contributed by atoms with Gasteiger partial charge in [-0.15, -0.1) is 0 Å². The Morgan fingerprint density at radius 3 is 2.21 bits per heavy atom. The standard InChI is InChI=1S/C18H16BrFO4/c1-22-16-9-12(10-17(23-2)18(16)24-3)15(21)7-4-11-8-13(19)5-6-14(11)20/h4-10H,1-3H3. The summed E-state index contributed by atoms with van der Waals surface area (Å²) in [6.45, 7) is 0. The van der Waals surface area contributed by atoms with Crippen LogP contribution in [0.15, 0.2) is 40.9 Å². The van der Waals surface area contributed by atoms with E-state index in [1.54, 1.807) is 24.3 Å². The fraction of sp³-hybridized carbons (Fsp3) is 0.167. The number of benzene rings is 2. The molecule has 2 aromatic carbocycles. The lowest BCUT2D eigenvalue weighted by Gasteiger charge is -2.13. The van der Waals surface area contributed by atoms with Gasteiger partial charge in [0.1, 0.15) is 5.82 Å². The van der Waals surface area contributed by atoms with Crippen molar-refractivity contribution in [2.45, 2.75) is 0 Å². The lowest BCUT2D eigenvalue weighted by molar-refractivity contribution is 0.104. The van der Waals surface area contributed by atoms with Crippen molar-refractivity contribution in [3.63, 3.8) is 0 Å². The summed E-state index contributed by atoms with van der Waals surface area (Å²) in [6, 6.07) is 7.60. The maximum Gasteiger partial charge on any atom is 0.203 e. The van der Waals surface area contributed by atoms with Crippen LogP contribution >= 0.6 is 15.9 Å². The van der Waals surface area contributed by atoms with Crippen LogP contribution in [0.4, 0.5) is 4.39 Å². The van der Waals surface area contributed by atoms with Crippen LogP contribution in [0.3, 0.4) is 0 Å². The summed E-state index contributed by atoms with van der Waals surface area (Å²) in [5.41, 5.74) is 0.654. The van der Waals surface area contributed by atoms with Crippen molar-refractivity contribution in [3.8, 4) is 17.2 Å². The van der Waals surface area contributed by atoms with Crippen molar-refractivity contribution >= 4 is 27.8 Å². The average Bonchev–Trinajstić information content (AvgIpc) is 2.60. The van der Waals surface area contributed by atoms with Gasteiger partial charge in [0.15, 0.2) is 17.3 Å². The second-order valence-electron chi connectivity index (χ2n) is 4.78. The molecule has 0 radical (unpaired) electrons. The van der Waals surface area contributed by atoms with Crippen LogP contribution in [0.2, 0.25) is 0 Å². The van der Waals surface area contributed by atoms with Gasteiger partial charge in [0.2, 0.25) is 5.75 Å². The number of hydrogen-bond acceptors (Lipinski definition) is 4. The third kappa shape index (κ3) is 3.94. The molecule has 2 rings (SSSR count). The van der Waals surface area contributed by atoms with Crippen molar-refractivity contribution < 1.29 is 23.4 Å². The Kier molecular flexibility index (Phi) is 5.98. The zero-order valence-electron chi connectivity index (χ0n) is 13.4. The van der Waals surface area contributed by atoms with Crippen molar-refractivity contribution in [1.29, 1.82) is 0 Å². The Morgan fingerprint density at radius 2 is 1.67 bits per heavy atom. The van der Waals surface area contributed by atoms with Crippen molar-refractivity contribution in [1.82, 2.24) is 0 Å². The van der Waals surface area contributed by atoms with E-state index in [9.17, 15) is 9.18 Å². The van der Waals surface area contributed by atoms with Gasteiger partial charge in [-0.2, -0.15) is 0 Å². The van der Waals surface area contributed by atoms with Crippen LogP contribution in [0, 0.1) is 5.82 Å². The molecule has 6 heteroatoms. The van der Waals surface area contributed by atoms with Crippen LogP contribution in [0.25, 0.3) is 6.08 Å². The van der Waals surface area contributed by atoms with Gasteiger partial charge >= 0.3 is 0 Å². The number of carbonyl (C=O) groups excluding carboxylic acids is 1. The molecule has 0 bridgehead atoms. The molecule has 0 aromatic heterocycles. The minimum atomic E-state index is -0.410. The first-order valence-electron chi connectivity index (χ1n) is 6.97. The molecule has 0 spiro atoms. The second-order valence-corrected chi connectivity index (χ2v) is 5.69. The highest BCUT2D eigenvalue weighted by Crippen LogP contribution is 2.38. The summed E-state index contributed by atoms with van der Waals surface area (Å²) < 4.78 is 30.1. The van der Waals surface area contributed by atoms with Gasteiger partial charge in [-0.1, -0.05) is 15.9 Å². The summed E-state index contributed by atoms with van der Waals surface area (Å²) in [5, 5.41) is 0. The van der Waals surface area contributed by atoms with Crippen molar-refractivity contribution in [2.24, 2.45) is 0 Å². The number of ketones is 1. The van der Waals surface area contributed by atoms with Gasteiger partial charge < -0.3 is 14.2 Å². The molecular formula is C18H16BrFO4. The molecule has 0 aliphatic carbocycles. The monoisotopic (exact) mass is 394 g/mol. The highest BCUT2D eigenvalue weighted by molar-refractivity contribution is 9.10. The minimum Gasteiger partial charge on any atom is -0.493 e. The van der Waals surface area contributed by atoms with Crippen LogP contribution in [-0.4, -0.2) is 27.1 Å². The third-order valence-corrected chi connectivity index (χ3v) is 3.81. The number of carbonyl (C=O) groups is 1. The molecule has 24 heavy (non-hydrogen) atoms. The van der Waals surface area contributed by atoms with Crippen LogP contribution in [0.5, 0.6) is 17.2 Å². The third-order valence-electron chi connectivity index (χ3n) is 3.32. The summed E-state index contributed by atoms with van der Waals surface area (Å²) in [4.78, 5) is 12.4. The molecule has 0 fully saturated rings. The largest absolute Gasteiger partial charge is 0.493 e. The van der Waals surface area contributed by atoms with E-state index in [1.165, 1.54) is 39.5 Å². The number of allylic oxidation sites excluding steroid dienone is 1. The van der Waals surface area contributed by atoms with Crippen molar-refractivity contribution in [3.05, 3.63) is 57.8 Å². The van der Waals surface area contributed by atoms with Gasteiger partial charge in [-0.05, 0) is 42.5 Å². The molecule has 0 atom stereocenters. The summed E-state index contributed by atoms with van der Waals surface area (Å²) in [6.07, 6.45) is 2.72. The number of ether oxygens (including phenoxy) is 3. The molecule has 0 amide bonds. The Balaban J connectivity index is 2.36. The molecule has 0 heterocycles. The van der Waals surface area contributed by atoms with Gasteiger partial charge in [0.05, 0.1) is 21.3 Å². The van der Waals surface area contributed by atoms with Crippen LogP contribution < -0.4 is 14.2 Å². The Bertz CT molecular complexity index is 762. The quantitative estimate of drug-likeness (QED) is 0.533. The summed E-state index contributed by atoms with van der Waals surface area (Å²) in [5.74, 6) is 0.434. The van der Waals surface area contributed by atoms with E-state index in [0.717, 1.165) is 4.47 Å². The fourth-order valence-corrected chi connectivity index (χ4v) is 2.51. The molecular weight excluding hydrogens is 379 g/mol. The Labute approximate surface area is 148 Å². The summed E-state index contributed by atoms with van der Waals surface area (Å²) in [7, 11) is 4.42. The van der Waals surface area contributed by atoms with Crippen molar-refractivity contribution in [2.75, 3.05) is 21.3 Å². The molecule has 0 N–H and O–H groups in total. The van der Waals surface area contributed by atoms with E-state index in [4.69, 9.17) is 14.2 Å². The normalized spacial score (nSPS) is 10.7. The first kappa shape index (κ1) is 18.0. The topological polar surface area (TPSA) is 44.8 Å². The van der Waals surface area contributed by atoms with Crippen LogP contribution in [0.1, 0.15) is 15.9 Å². The van der Waals surface area contributed by atoms with Crippen LogP contribution in [-0.2, 0) is 0 Å². The molecule has 2 aromatic rings. The Morgan fingerprint density at radius 1 is 1.04 bits per heavy atom. The minimum absolute atomic E-state index is 0.310. The molecule has 126 valence electrons. The molecule has 4 nitrogen and oxygen atoms in total. The molecule has 0 saturated heterocycles. The van der Waals surface area contributed by atoms with E-state index in [0.29, 0.717) is 28.4 Å². The smallest absolute Gasteiger partial charge is 0.203 e. The van der Waals surface area contributed by atoms with Gasteiger partial charge in [-0.25, -0.2) is 4.39 Å². The second kappa shape index (κ2) is 7.97. The van der Waals surface area contributed by atoms with E-state index < -0.39 is 5.82 Å². The average molecular weight is 395 g/mol. The number of hydrogen-bond donors (Lipinski definition) is 0. The number of halogens is 2. The van der Waals surface area contributed by atoms with E-state index >= 15 is 0 Å². The lowest BCUT2D eigenvalue weighted by Crippen LogP contribution is -2.00. The van der Waals surface area contributed by atoms with Gasteiger partial charge in [-0.3, -0.25) is 4.79 Å². The number of rotatable bonds is 6. The lowest BCUT2D eigenvalue weighted by atomic mass is 10.1. The predicted octanol–water partition coefficient (Wildman–Crippen LogP) is 4.51. The molecule has 0 saturated carbocycles. The molecule has 0 aliphatic rings. The predicted molar refractivity (Wildman–Crippen MR) is 93.6 cm³/mol. The van der Waals surface area contributed by atoms with E-state index in [1.807, 2.05) is 0 Å². The molecule has 0 unspecified atom stereocenters. The maximum absolute atomic E-state index is 13.7. The first-order chi connectivity index (χ1) is 11.5. The first-order valence-corrected chi connectivity index (χ1v) is 7.77. The fourth-order valence-electron chi connectivity index (χ4n) is 2.13. The van der Waals surface area contributed by atoms with Gasteiger partial charge in [0, 0.05) is 15.6 Å².